The molecule has 88 valence electrons. The molecule has 0 saturated heterocycles. The Morgan fingerprint density at radius 2 is 2.06 bits per heavy atom. The van der Waals surface area contributed by atoms with Gasteiger partial charge in [-0.3, -0.25) is 5.41 Å². The third-order valence-electron chi connectivity index (χ3n) is 2.56. The fourth-order valence-corrected chi connectivity index (χ4v) is 3.21. The molecule has 0 spiro atoms. The summed E-state index contributed by atoms with van der Waals surface area (Å²) in [5, 5.41) is 16.3. The quantitative estimate of drug-likeness (QED) is 0.801. The minimum Gasteiger partial charge on any atom is -0.308 e. The van der Waals surface area contributed by atoms with Gasteiger partial charge in [-0.2, -0.15) is 0 Å². The van der Waals surface area contributed by atoms with Crippen LogP contribution in [0.5, 0.6) is 0 Å². The highest BCUT2D eigenvalue weighted by molar-refractivity contribution is 7.22. The van der Waals surface area contributed by atoms with Crippen LogP contribution in [0.3, 0.4) is 0 Å². The van der Waals surface area contributed by atoms with Crippen molar-refractivity contribution in [1.29, 1.82) is 10.8 Å². The molecule has 0 aliphatic heterocycles. The van der Waals surface area contributed by atoms with Crippen LogP contribution in [0, 0.1) is 24.7 Å². The highest BCUT2D eigenvalue weighted by Crippen LogP contribution is 2.36. The number of fused-ring (bicyclic) bond motifs is 1. The topological polar surface area (TPSA) is 60.6 Å². The van der Waals surface area contributed by atoms with Crippen LogP contribution < -0.4 is 0 Å². The monoisotopic (exact) mass is 285 g/mol. The van der Waals surface area contributed by atoms with E-state index >= 15 is 0 Å². The smallest absolute Gasteiger partial charge is 0.138 e. The molecule has 0 atom stereocenters. The first-order valence-electron chi connectivity index (χ1n) is 4.81. The Labute approximate surface area is 112 Å². The Bertz CT molecular complexity index is 646. The van der Waals surface area contributed by atoms with Crippen molar-refractivity contribution < 1.29 is 0 Å². The number of thiophene rings is 1. The maximum Gasteiger partial charge on any atom is 0.138 e. The molecule has 0 amide bonds. The number of nitrogens with zero attached hydrogens (tertiary/aromatic N) is 1. The van der Waals surface area contributed by atoms with Gasteiger partial charge >= 0.3 is 0 Å². The molecule has 6 heteroatoms. The fraction of sp³-hybridized carbons (Fsp3) is 0.182. The third kappa shape index (κ3) is 1.86. The number of halogens is 2. The van der Waals surface area contributed by atoms with Gasteiger partial charge < -0.3 is 5.41 Å². The largest absolute Gasteiger partial charge is 0.308 e. The number of aromatic nitrogens is 1. The van der Waals surface area contributed by atoms with Crippen molar-refractivity contribution in [3.8, 4) is 0 Å². The Morgan fingerprint density at radius 3 is 2.59 bits per heavy atom. The SMILES string of the molecule is Cc1nc2sc(C(=N)Cl)c(C=N)c2c(C)c1Cl. The Morgan fingerprint density at radius 1 is 1.41 bits per heavy atom. The minimum absolute atomic E-state index is 0.0697. The number of rotatable bonds is 2. The zero-order valence-corrected chi connectivity index (χ0v) is 11.5. The molecule has 2 aromatic heterocycles. The maximum absolute atomic E-state index is 7.50. The van der Waals surface area contributed by atoms with Gasteiger partial charge in [-0.05, 0) is 19.4 Å². The lowest BCUT2D eigenvalue weighted by Crippen LogP contribution is -1.92. The Kier molecular flexibility index (Phi) is 3.21. The average Bonchev–Trinajstić information content (AvgIpc) is 2.64. The lowest BCUT2D eigenvalue weighted by Gasteiger charge is -2.04. The second-order valence-corrected chi connectivity index (χ2v) is 5.37. The van der Waals surface area contributed by atoms with Crippen LogP contribution in [-0.2, 0) is 0 Å². The minimum atomic E-state index is -0.0697. The molecule has 17 heavy (non-hydrogen) atoms. The van der Waals surface area contributed by atoms with Crippen molar-refractivity contribution in [3.63, 3.8) is 0 Å². The van der Waals surface area contributed by atoms with Crippen LogP contribution in [0.25, 0.3) is 10.2 Å². The van der Waals surface area contributed by atoms with Gasteiger partial charge in [0.2, 0.25) is 0 Å². The molecule has 0 saturated carbocycles. The fourth-order valence-electron chi connectivity index (χ4n) is 1.76. The molecule has 2 heterocycles. The first kappa shape index (κ1) is 12.5. The van der Waals surface area contributed by atoms with Gasteiger partial charge in [-0.1, -0.05) is 23.2 Å². The summed E-state index contributed by atoms with van der Waals surface area (Å²) in [5.41, 5.74) is 2.26. The van der Waals surface area contributed by atoms with E-state index in [-0.39, 0.29) is 5.17 Å². The van der Waals surface area contributed by atoms with E-state index in [1.807, 2.05) is 13.8 Å². The van der Waals surface area contributed by atoms with Crippen LogP contribution in [0.1, 0.15) is 21.7 Å². The van der Waals surface area contributed by atoms with E-state index < -0.39 is 0 Å². The zero-order chi connectivity index (χ0) is 12.7. The van der Waals surface area contributed by atoms with Gasteiger partial charge in [0, 0.05) is 17.2 Å². The highest BCUT2D eigenvalue weighted by Gasteiger charge is 2.18. The second kappa shape index (κ2) is 4.37. The molecule has 2 aromatic rings. The lowest BCUT2D eigenvalue weighted by molar-refractivity contribution is 1.25. The van der Waals surface area contributed by atoms with Gasteiger partial charge in [-0.15, -0.1) is 11.3 Å². The summed E-state index contributed by atoms with van der Waals surface area (Å²) in [6, 6.07) is 0. The number of hydrogen-bond acceptors (Lipinski definition) is 4. The summed E-state index contributed by atoms with van der Waals surface area (Å²) >= 11 is 13.2. The van der Waals surface area contributed by atoms with Crippen molar-refractivity contribution in [2.75, 3.05) is 0 Å². The van der Waals surface area contributed by atoms with Crippen LogP contribution in [-0.4, -0.2) is 16.4 Å². The Balaban J connectivity index is 2.98. The van der Waals surface area contributed by atoms with E-state index in [0.29, 0.717) is 15.5 Å². The molecule has 0 aliphatic rings. The molecule has 0 aliphatic carbocycles. The molecule has 0 fully saturated rings. The summed E-state index contributed by atoms with van der Waals surface area (Å²) in [6.45, 7) is 3.73. The van der Waals surface area contributed by atoms with Gasteiger partial charge in [-0.25, -0.2) is 4.98 Å². The summed E-state index contributed by atoms with van der Waals surface area (Å²) in [7, 11) is 0. The van der Waals surface area contributed by atoms with Crippen molar-refractivity contribution >= 4 is 56.1 Å². The van der Waals surface area contributed by atoms with Gasteiger partial charge in [0.25, 0.3) is 0 Å². The van der Waals surface area contributed by atoms with E-state index in [1.165, 1.54) is 17.6 Å². The predicted octanol–water partition coefficient (Wildman–Crippen LogP) is 4.13. The standard InChI is InChI=1S/C11H9Cl2N3S/c1-4-7-6(3-14)9(10(13)15)17-11(7)16-5(2)8(4)12/h3,14-15H,1-2H3. The predicted molar refractivity (Wildman–Crippen MR) is 74.7 cm³/mol. The van der Waals surface area contributed by atoms with Crippen LogP contribution in [0.2, 0.25) is 5.02 Å². The van der Waals surface area contributed by atoms with Crippen LogP contribution in [0.4, 0.5) is 0 Å². The zero-order valence-electron chi connectivity index (χ0n) is 9.19. The lowest BCUT2D eigenvalue weighted by atomic mass is 10.1. The molecule has 2 rings (SSSR count). The van der Waals surface area contributed by atoms with Gasteiger partial charge in [0.05, 0.1) is 15.6 Å². The molecule has 0 aromatic carbocycles. The van der Waals surface area contributed by atoms with E-state index in [4.69, 9.17) is 34.0 Å². The summed E-state index contributed by atoms with van der Waals surface area (Å²) in [5.74, 6) is 0. The van der Waals surface area contributed by atoms with Gasteiger partial charge in [0.15, 0.2) is 0 Å². The van der Waals surface area contributed by atoms with Crippen molar-refractivity contribution in [1.82, 2.24) is 4.98 Å². The van der Waals surface area contributed by atoms with Crippen LogP contribution in [0.15, 0.2) is 0 Å². The van der Waals surface area contributed by atoms with E-state index in [9.17, 15) is 0 Å². The normalized spacial score (nSPS) is 10.8. The summed E-state index contributed by atoms with van der Waals surface area (Å²) < 4.78 is 0. The molecule has 2 N–H and O–H groups in total. The van der Waals surface area contributed by atoms with Crippen molar-refractivity contribution in [3.05, 3.63) is 26.7 Å². The molecule has 3 nitrogen and oxygen atoms in total. The molecule has 0 unspecified atom stereocenters. The highest BCUT2D eigenvalue weighted by atomic mass is 35.5. The van der Waals surface area contributed by atoms with Crippen molar-refractivity contribution in [2.45, 2.75) is 13.8 Å². The van der Waals surface area contributed by atoms with E-state index in [2.05, 4.69) is 4.98 Å². The van der Waals surface area contributed by atoms with Gasteiger partial charge in [0.1, 0.15) is 10.0 Å². The molecular formula is C11H9Cl2N3S. The van der Waals surface area contributed by atoms with Crippen LogP contribution >= 0.6 is 34.5 Å². The summed E-state index contributed by atoms with van der Waals surface area (Å²) in [6.07, 6.45) is 1.20. The number of hydrogen-bond donors (Lipinski definition) is 2. The number of pyridine rings is 1. The maximum atomic E-state index is 7.50. The van der Waals surface area contributed by atoms with E-state index in [0.717, 1.165) is 21.5 Å². The third-order valence-corrected chi connectivity index (χ3v) is 4.54. The van der Waals surface area contributed by atoms with Crippen molar-refractivity contribution in [2.24, 2.45) is 0 Å². The average molecular weight is 286 g/mol. The second-order valence-electron chi connectivity index (χ2n) is 3.62. The molecule has 0 bridgehead atoms. The number of aryl methyl sites for hydroxylation is 2. The summed E-state index contributed by atoms with van der Waals surface area (Å²) in [4.78, 5) is 5.71. The first-order chi connectivity index (χ1) is 7.97. The molecule has 0 radical (unpaired) electrons. The molecular weight excluding hydrogens is 277 g/mol. The van der Waals surface area contributed by atoms with E-state index in [1.54, 1.807) is 0 Å². The number of nitrogens with one attached hydrogen (secondary N) is 2. The first-order valence-corrected chi connectivity index (χ1v) is 6.38. The Hall–Kier alpha value is -0.970.